The van der Waals surface area contributed by atoms with Gasteiger partial charge in [-0.2, -0.15) is 0 Å². The molecule has 0 saturated heterocycles. The lowest BCUT2D eigenvalue weighted by Gasteiger charge is -2.12. The molecule has 0 bridgehead atoms. The van der Waals surface area contributed by atoms with Crippen LogP contribution < -0.4 is 10.6 Å². The van der Waals surface area contributed by atoms with E-state index in [2.05, 4.69) is 10.6 Å². The summed E-state index contributed by atoms with van der Waals surface area (Å²) in [7, 11) is 0. The topological polar surface area (TPSA) is 61.4 Å². The van der Waals surface area contributed by atoms with Crippen molar-refractivity contribution < 1.29 is 14.3 Å². The minimum atomic E-state index is -0.805. The monoisotopic (exact) mass is 266 g/mol. The van der Waals surface area contributed by atoms with Crippen LogP contribution >= 0.6 is 0 Å². The van der Waals surface area contributed by atoms with Gasteiger partial charge in [-0.1, -0.05) is 12.1 Å². The third-order valence-corrected chi connectivity index (χ3v) is 3.11. The molecule has 2 rings (SSSR count). The standard InChI is InChI=1S/C14H19FN2O2/c15-11-3-1-10(2-4-11)13(18)9-17-14(19)7-8-16-12-5-6-12/h1-4,12-13,16,18H,5-9H2,(H,17,19). The normalized spacial score (nSPS) is 16.1. The molecule has 1 aliphatic rings. The molecule has 3 N–H and O–H groups in total. The molecule has 1 aromatic carbocycles. The first-order valence-corrected chi connectivity index (χ1v) is 6.59. The van der Waals surface area contributed by atoms with Crippen molar-refractivity contribution in [3.8, 4) is 0 Å². The van der Waals surface area contributed by atoms with Crippen molar-refractivity contribution in [1.29, 1.82) is 0 Å². The summed E-state index contributed by atoms with van der Waals surface area (Å²) in [5.41, 5.74) is 0.595. The second-order valence-electron chi connectivity index (χ2n) is 4.85. The van der Waals surface area contributed by atoms with E-state index in [9.17, 15) is 14.3 Å². The summed E-state index contributed by atoms with van der Waals surface area (Å²) < 4.78 is 12.7. The van der Waals surface area contributed by atoms with Crippen molar-refractivity contribution in [2.75, 3.05) is 13.1 Å². The number of aliphatic hydroxyl groups excluding tert-OH is 1. The van der Waals surface area contributed by atoms with Crippen LogP contribution in [0.2, 0.25) is 0 Å². The van der Waals surface area contributed by atoms with Gasteiger partial charge in [0.25, 0.3) is 0 Å². The predicted octanol–water partition coefficient (Wildman–Crippen LogP) is 1.12. The molecule has 1 saturated carbocycles. The third kappa shape index (κ3) is 4.96. The highest BCUT2D eigenvalue weighted by Crippen LogP contribution is 2.18. The van der Waals surface area contributed by atoms with Gasteiger partial charge >= 0.3 is 0 Å². The fraction of sp³-hybridized carbons (Fsp3) is 0.500. The van der Waals surface area contributed by atoms with Crippen molar-refractivity contribution in [2.24, 2.45) is 0 Å². The predicted molar refractivity (Wildman–Crippen MR) is 70.0 cm³/mol. The van der Waals surface area contributed by atoms with Crippen molar-refractivity contribution >= 4 is 5.91 Å². The van der Waals surface area contributed by atoms with Crippen LogP contribution in [0.1, 0.15) is 30.9 Å². The first-order chi connectivity index (χ1) is 9.15. The van der Waals surface area contributed by atoms with Gasteiger partial charge in [-0.25, -0.2) is 4.39 Å². The Morgan fingerprint density at radius 1 is 1.37 bits per heavy atom. The second kappa shape index (κ2) is 6.63. The van der Waals surface area contributed by atoms with Crippen LogP contribution in [0.3, 0.4) is 0 Å². The van der Waals surface area contributed by atoms with Crippen LogP contribution in [0.15, 0.2) is 24.3 Å². The molecule has 1 unspecified atom stereocenters. The fourth-order valence-corrected chi connectivity index (χ4v) is 1.78. The number of hydrogen-bond donors (Lipinski definition) is 3. The summed E-state index contributed by atoms with van der Waals surface area (Å²) in [6, 6.07) is 6.21. The zero-order chi connectivity index (χ0) is 13.7. The van der Waals surface area contributed by atoms with Crippen LogP contribution in [-0.4, -0.2) is 30.1 Å². The van der Waals surface area contributed by atoms with Gasteiger partial charge in [0.1, 0.15) is 5.82 Å². The minimum Gasteiger partial charge on any atom is -0.387 e. The van der Waals surface area contributed by atoms with Gasteiger partial charge in [0.05, 0.1) is 6.10 Å². The van der Waals surface area contributed by atoms with E-state index in [0.29, 0.717) is 24.6 Å². The lowest BCUT2D eigenvalue weighted by molar-refractivity contribution is -0.121. The minimum absolute atomic E-state index is 0.0886. The van der Waals surface area contributed by atoms with Gasteiger partial charge < -0.3 is 15.7 Å². The molecule has 0 radical (unpaired) electrons. The molecular formula is C14H19FN2O2. The molecule has 1 aromatic rings. The average Bonchev–Trinajstić information content (AvgIpc) is 3.21. The highest BCUT2D eigenvalue weighted by Gasteiger charge is 2.20. The summed E-state index contributed by atoms with van der Waals surface area (Å²) in [6.45, 7) is 0.817. The molecule has 104 valence electrons. The van der Waals surface area contributed by atoms with E-state index < -0.39 is 6.10 Å². The second-order valence-corrected chi connectivity index (χ2v) is 4.85. The van der Waals surface area contributed by atoms with E-state index >= 15 is 0 Å². The van der Waals surface area contributed by atoms with E-state index in [1.807, 2.05) is 0 Å². The lowest BCUT2D eigenvalue weighted by atomic mass is 10.1. The summed E-state index contributed by atoms with van der Waals surface area (Å²) in [6.07, 6.45) is 2.00. The molecule has 0 spiro atoms. The summed E-state index contributed by atoms with van der Waals surface area (Å²) in [4.78, 5) is 11.5. The Bertz CT molecular complexity index is 418. The first kappa shape index (κ1) is 14.0. The maximum absolute atomic E-state index is 12.7. The Kier molecular flexibility index (Phi) is 4.87. The van der Waals surface area contributed by atoms with Gasteiger partial charge in [0.15, 0.2) is 0 Å². The molecule has 0 heterocycles. The van der Waals surface area contributed by atoms with Gasteiger partial charge in [0, 0.05) is 25.6 Å². The molecule has 1 atom stereocenters. The maximum atomic E-state index is 12.7. The summed E-state index contributed by atoms with van der Waals surface area (Å²) in [5, 5.41) is 15.7. The lowest BCUT2D eigenvalue weighted by Crippen LogP contribution is -2.31. The zero-order valence-corrected chi connectivity index (χ0v) is 10.7. The van der Waals surface area contributed by atoms with Crippen molar-refractivity contribution in [1.82, 2.24) is 10.6 Å². The quantitative estimate of drug-likeness (QED) is 0.693. The number of benzene rings is 1. The van der Waals surface area contributed by atoms with Gasteiger partial charge in [0.2, 0.25) is 5.91 Å². The number of aliphatic hydroxyl groups is 1. The average molecular weight is 266 g/mol. The van der Waals surface area contributed by atoms with E-state index in [0.717, 1.165) is 0 Å². The number of nitrogens with one attached hydrogen (secondary N) is 2. The van der Waals surface area contributed by atoms with Gasteiger partial charge in [-0.05, 0) is 30.5 Å². The van der Waals surface area contributed by atoms with Crippen LogP contribution in [0, 0.1) is 5.82 Å². The number of carbonyl (C=O) groups excluding carboxylic acids is 1. The Morgan fingerprint density at radius 3 is 2.68 bits per heavy atom. The Morgan fingerprint density at radius 2 is 2.05 bits per heavy atom. The van der Waals surface area contributed by atoms with E-state index in [1.165, 1.54) is 37.1 Å². The van der Waals surface area contributed by atoms with Gasteiger partial charge in [-0.15, -0.1) is 0 Å². The smallest absolute Gasteiger partial charge is 0.221 e. The van der Waals surface area contributed by atoms with Crippen molar-refractivity contribution in [2.45, 2.75) is 31.4 Å². The van der Waals surface area contributed by atoms with E-state index in [-0.39, 0.29) is 18.3 Å². The van der Waals surface area contributed by atoms with E-state index in [4.69, 9.17) is 0 Å². The molecule has 19 heavy (non-hydrogen) atoms. The van der Waals surface area contributed by atoms with Crippen molar-refractivity contribution in [3.05, 3.63) is 35.6 Å². The van der Waals surface area contributed by atoms with Crippen LogP contribution in [0.4, 0.5) is 4.39 Å². The third-order valence-electron chi connectivity index (χ3n) is 3.11. The van der Waals surface area contributed by atoms with Crippen LogP contribution in [0.25, 0.3) is 0 Å². The number of carbonyl (C=O) groups is 1. The number of amides is 1. The molecule has 4 nitrogen and oxygen atoms in total. The molecule has 5 heteroatoms. The number of halogens is 1. The zero-order valence-electron chi connectivity index (χ0n) is 10.7. The molecule has 0 aliphatic heterocycles. The first-order valence-electron chi connectivity index (χ1n) is 6.59. The van der Waals surface area contributed by atoms with Crippen LogP contribution in [0.5, 0.6) is 0 Å². The summed E-state index contributed by atoms with van der Waals surface area (Å²) in [5.74, 6) is -0.430. The highest BCUT2D eigenvalue weighted by molar-refractivity contribution is 5.76. The molecule has 1 amide bonds. The SMILES string of the molecule is O=C(CCNC1CC1)NCC(O)c1ccc(F)cc1. The molecular weight excluding hydrogens is 247 g/mol. The summed E-state index contributed by atoms with van der Waals surface area (Å²) >= 11 is 0. The highest BCUT2D eigenvalue weighted by atomic mass is 19.1. The molecule has 0 aromatic heterocycles. The van der Waals surface area contributed by atoms with E-state index in [1.54, 1.807) is 0 Å². The number of hydrogen-bond acceptors (Lipinski definition) is 3. The molecule has 1 fully saturated rings. The van der Waals surface area contributed by atoms with Crippen LogP contribution in [-0.2, 0) is 4.79 Å². The van der Waals surface area contributed by atoms with Crippen molar-refractivity contribution in [3.63, 3.8) is 0 Å². The molecule has 1 aliphatic carbocycles. The Balaban J connectivity index is 1.65. The van der Waals surface area contributed by atoms with Gasteiger partial charge in [-0.3, -0.25) is 4.79 Å². The Labute approximate surface area is 112 Å². The fourth-order valence-electron chi connectivity index (χ4n) is 1.78. The maximum Gasteiger partial charge on any atom is 0.221 e. The largest absolute Gasteiger partial charge is 0.387 e. The Hall–Kier alpha value is -1.46. The number of rotatable bonds is 7.